The summed E-state index contributed by atoms with van der Waals surface area (Å²) in [6.45, 7) is 1.96. The molecule has 0 aliphatic carbocycles. The zero-order valence-corrected chi connectivity index (χ0v) is 12.1. The summed E-state index contributed by atoms with van der Waals surface area (Å²) < 4.78 is 25.8. The third-order valence-corrected chi connectivity index (χ3v) is 4.47. The third kappa shape index (κ3) is 4.93. The van der Waals surface area contributed by atoms with Crippen molar-refractivity contribution in [2.45, 2.75) is 18.2 Å². The lowest BCUT2D eigenvalue weighted by Crippen LogP contribution is -2.30. The molecule has 1 aromatic rings. The molecule has 1 amide bonds. The number of rotatable bonds is 6. The van der Waals surface area contributed by atoms with Gasteiger partial charge in [0.25, 0.3) is 10.0 Å². The summed E-state index contributed by atoms with van der Waals surface area (Å²) in [5.41, 5.74) is 0.233. The Balaban J connectivity index is 2.75. The van der Waals surface area contributed by atoms with E-state index in [-0.39, 0.29) is 16.9 Å². The van der Waals surface area contributed by atoms with Crippen LogP contribution in [0.1, 0.15) is 18.9 Å². The Morgan fingerprint density at radius 2 is 2.21 bits per heavy atom. The van der Waals surface area contributed by atoms with Crippen molar-refractivity contribution in [3.8, 4) is 6.07 Å². The van der Waals surface area contributed by atoms with Gasteiger partial charge < -0.3 is 0 Å². The topological polar surface area (TPSA) is 87.0 Å². The molecule has 0 bridgehead atoms. The normalized spacial score (nSPS) is 10.7. The summed E-state index contributed by atoms with van der Waals surface area (Å²) in [6.07, 6.45) is 0.148. The number of hydrogen-bond donors (Lipinski definition) is 1. The Morgan fingerprint density at radius 3 is 2.84 bits per heavy atom. The highest BCUT2D eigenvalue weighted by molar-refractivity contribution is 7.99. The molecule has 0 saturated heterocycles. The highest BCUT2D eigenvalue weighted by Gasteiger charge is 2.17. The number of carbonyl (C=O) groups excluding carboxylic acids is 1. The van der Waals surface area contributed by atoms with Crippen molar-refractivity contribution in [2.75, 3.05) is 11.5 Å². The molecule has 19 heavy (non-hydrogen) atoms. The van der Waals surface area contributed by atoms with Gasteiger partial charge in [0.05, 0.1) is 16.5 Å². The SMILES string of the molecule is CCSCCC(=O)NS(=O)(=O)c1cccc(C#N)c1. The molecule has 1 aromatic carbocycles. The van der Waals surface area contributed by atoms with Gasteiger partial charge in [-0.25, -0.2) is 13.1 Å². The molecule has 0 atom stereocenters. The summed E-state index contributed by atoms with van der Waals surface area (Å²) in [5.74, 6) is 0.920. The van der Waals surface area contributed by atoms with E-state index in [2.05, 4.69) is 0 Å². The quantitative estimate of drug-likeness (QED) is 0.804. The Morgan fingerprint density at radius 1 is 1.47 bits per heavy atom. The first-order valence-electron chi connectivity index (χ1n) is 5.63. The second-order valence-corrected chi connectivity index (χ2v) is 6.69. The zero-order chi connectivity index (χ0) is 14.3. The van der Waals surface area contributed by atoms with Crippen LogP contribution < -0.4 is 4.72 Å². The third-order valence-electron chi connectivity index (χ3n) is 2.20. The number of hydrogen-bond acceptors (Lipinski definition) is 5. The minimum absolute atomic E-state index is 0.0805. The number of thioether (sulfide) groups is 1. The van der Waals surface area contributed by atoms with Crippen molar-refractivity contribution in [1.82, 2.24) is 4.72 Å². The fraction of sp³-hybridized carbons (Fsp3) is 0.333. The summed E-state index contributed by atoms with van der Waals surface area (Å²) in [4.78, 5) is 11.4. The van der Waals surface area contributed by atoms with Gasteiger partial charge >= 0.3 is 0 Å². The first-order chi connectivity index (χ1) is 8.99. The molecular weight excluding hydrogens is 284 g/mol. The van der Waals surface area contributed by atoms with E-state index in [9.17, 15) is 13.2 Å². The Kier molecular flexibility index (Phi) is 5.86. The second kappa shape index (κ2) is 7.16. The number of nitrogens with zero attached hydrogens (tertiary/aromatic N) is 1. The van der Waals surface area contributed by atoms with Gasteiger partial charge in [0.2, 0.25) is 5.91 Å². The molecule has 0 unspecified atom stereocenters. The number of nitrogens with one attached hydrogen (secondary N) is 1. The van der Waals surface area contributed by atoms with Gasteiger partial charge in [0, 0.05) is 12.2 Å². The minimum Gasteiger partial charge on any atom is -0.274 e. The second-order valence-electron chi connectivity index (χ2n) is 3.62. The monoisotopic (exact) mass is 298 g/mol. The molecule has 5 nitrogen and oxygen atoms in total. The van der Waals surface area contributed by atoms with Gasteiger partial charge in [-0.15, -0.1) is 0 Å². The van der Waals surface area contributed by atoms with E-state index >= 15 is 0 Å². The molecular formula is C12H14N2O3S2. The number of nitriles is 1. The lowest BCUT2D eigenvalue weighted by molar-refractivity contribution is -0.118. The summed E-state index contributed by atoms with van der Waals surface area (Å²) in [7, 11) is -3.89. The fourth-order valence-corrected chi connectivity index (χ4v) is 2.98. The summed E-state index contributed by atoms with van der Waals surface area (Å²) in [6, 6.07) is 7.39. The van der Waals surface area contributed by atoms with Gasteiger partial charge in [-0.3, -0.25) is 4.79 Å². The van der Waals surface area contributed by atoms with Crippen LogP contribution in [0.4, 0.5) is 0 Å². The van der Waals surface area contributed by atoms with E-state index in [0.717, 1.165) is 5.75 Å². The average molecular weight is 298 g/mol. The Hall–Kier alpha value is -1.52. The minimum atomic E-state index is -3.89. The lowest BCUT2D eigenvalue weighted by atomic mass is 10.2. The van der Waals surface area contributed by atoms with Gasteiger partial charge in [-0.2, -0.15) is 17.0 Å². The predicted molar refractivity (Wildman–Crippen MR) is 74.1 cm³/mol. The van der Waals surface area contributed by atoms with Gasteiger partial charge in [0.15, 0.2) is 0 Å². The molecule has 1 rings (SSSR count). The highest BCUT2D eigenvalue weighted by atomic mass is 32.2. The molecule has 0 saturated carbocycles. The van der Waals surface area contributed by atoms with Gasteiger partial charge in [0.1, 0.15) is 0 Å². The molecule has 0 fully saturated rings. The maximum Gasteiger partial charge on any atom is 0.264 e. The average Bonchev–Trinajstić information content (AvgIpc) is 2.38. The maximum atomic E-state index is 11.9. The van der Waals surface area contributed by atoms with E-state index in [1.165, 1.54) is 24.3 Å². The van der Waals surface area contributed by atoms with Crippen LogP contribution in [0.3, 0.4) is 0 Å². The van der Waals surface area contributed by atoms with Crippen LogP contribution in [-0.4, -0.2) is 25.8 Å². The first-order valence-corrected chi connectivity index (χ1v) is 8.27. The maximum absolute atomic E-state index is 11.9. The van der Waals surface area contributed by atoms with E-state index in [4.69, 9.17) is 5.26 Å². The van der Waals surface area contributed by atoms with Crippen molar-refractivity contribution in [1.29, 1.82) is 5.26 Å². The molecule has 0 spiro atoms. The molecule has 0 aliphatic heterocycles. The highest BCUT2D eigenvalue weighted by Crippen LogP contribution is 2.11. The molecule has 0 aromatic heterocycles. The van der Waals surface area contributed by atoms with E-state index in [1.807, 2.05) is 17.7 Å². The summed E-state index contributed by atoms with van der Waals surface area (Å²) >= 11 is 1.57. The summed E-state index contributed by atoms with van der Waals surface area (Å²) in [5, 5.41) is 8.72. The number of amides is 1. The van der Waals surface area contributed by atoms with Crippen molar-refractivity contribution in [3.05, 3.63) is 29.8 Å². The Labute approximate surface area is 117 Å². The fourth-order valence-electron chi connectivity index (χ4n) is 1.30. The number of benzene rings is 1. The van der Waals surface area contributed by atoms with Crippen molar-refractivity contribution >= 4 is 27.7 Å². The van der Waals surface area contributed by atoms with Gasteiger partial charge in [-0.1, -0.05) is 13.0 Å². The van der Waals surface area contributed by atoms with Crippen LogP contribution in [0.5, 0.6) is 0 Å². The number of carbonyl (C=O) groups is 1. The first kappa shape index (κ1) is 15.5. The van der Waals surface area contributed by atoms with Crippen LogP contribution in [-0.2, 0) is 14.8 Å². The van der Waals surface area contributed by atoms with Gasteiger partial charge in [-0.05, 0) is 24.0 Å². The van der Waals surface area contributed by atoms with E-state index < -0.39 is 15.9 Å². The standard InChI is InChI=1S/C12H14N2O3S2/c1-2-18-7-6-12(15)14-19(16,17)11-5-3-4-10(8-11)9-13/h3-5,8H,2,6-7H2,1H3,(H,14,15). The van der Waals surface area contributed by atoms with E-state index in [1.54, 1.807) is 11.8 Å². The molecule has 0 aliphatic rings. The Bertz CT molecular complexity index is 591. The molecule has 1 N–H and O–H groups in total. The molecule has 0 radical (unpaired) electrons. The van der Waals surface area contributed by atoms with Crippen LogP contribution in [0.15, 0.2) is 29.2 Å². The largest absolute Gasteiger partial charge is 0.274 e. The van der Waals surface area contributed by atoms with Crippen molar-refractivity contribution in [2.24, 2.45) is 0 Å². The zero-order valence-electron chi connectivity index (χ0n) is 10.4. The van der Waals surface area contributed by atoms with Crippen LogP contribution in [0.2, 0.25) is 0 Å². The molecule has 102 valence electrons. The van der Waals surface area contributed by atoms with Crippen LogP contribution in [0.25, 0.3) is 0 Å². The van der Waals surface area contributed by atoms with Crippen LogP contribution >= 0.6 is 11.8 Å². The van der Waals surface area contributed by atoms with Crippen molar-refractivity contribution < 1.29 is 13.2 Å². The predicted octanol–water partition coefficient (Wildman–Crippen LogP) is 1.51. The smallest absolute Gasteiger partial charge is 0.264 e. The number of sulfonamides is 1. The lowest BCUT2D eigenvalue weighted by Gasteiger charge is -2.06. The molecule has 0 heterocycles. The van der Waals surface area contributed by atoms with Crippen LogP contribution in [0, 0.1) is 11.3 Å². The molecule has 7 heteroatoms. The van der Waals surface area contributed by atoms with E-state index in [0.29, 0.717) is 5.75 Å². The van der Waals surface area contributed by atoms with Crippen molar-refractivity contribution in [3.63, 3.8) is 0 Å².